The fraction of sp³-hybridized carbons (Fsp3) is 0.667. The first-order chi connectivity index (χ1) is 8.25. The first kappa shape index (κ1) is 15.0. The van der Waals surface area contributed by atoms with Crippen LogP contribution in [0.25, 0.3) is 0 Å². The topological polar surface area (TPSA) is 25.2 Å². The van der Waals surface area contributed by atoms with Gasteiger partial charge in [0.1, 0.15) is 0 Å². The third kappa shape index (κ3) is 3.02. The van der Waals surface area contributed by atoms with Crippen molar-refractivity contribution in [3.8, 4) is 0 Å². The van der Waals surface area contributed by atoms with E-state index in [-0.39, 0.29) is 5.78 Å². The van der Waals surface area contributed by atoms with Crippen molar-refractivity contribution in [2.45, 2.75) is 40.7 Å². The number of carbonyl (C=O) groups is 1. The third-order valence-corrected chi connectivity index (χ3v) is 4.13. The Morgan fingerprint density at radius 2 is 1.89 bits per heavy atom. The molecule has 102 valence electrons. The number of aryl methyl sites for hydroxylation is 1. The molecule has 0 aliphatic heterocycles. The average Bonchev–Trinajstić information content (AvgIpc) is 2.55. The van der Waals surface area contributed by atoms with Crippen molar-refractivity contribution >= 4 is 5.78 Å². The standard InChI is InChI=1S/C15H26N2O/c1-10(2)12(4)16(6)9-15(18)14-8-11(3)17(7)13(14)5/h8,10,12H,9H2,1-7H3. The summed E-state index contributed by atoms with van der Waals surface area (Å²) in [6.45, 7) is 11.1. The summed E-state index contributed by atoms with van der Waals surface area (Å²) in [7, 11) is 4.02. The van der Waals surface area contributed by atoms with Gasteiger partial charge in [0.05, 0.1) is 6.54 Å². The van der Waals surface area contributed by atoms with Gasteiger partial charge in [0.25, 0.3) is 0 Å². The molecule has 1 unspecified atom stereocenters. The number of hydrogen-bond donors (Lipinski definition) is 0. The van der Waals surface area contributed by atoms with Gasteiger partial charge in [0, 0.05) is 30.0 Å². The molecule has 0 aliphatic carbocycles. The van der Waals surface area contributed by atoms with Gasteiger partial charge in [0.15, 0.2) is 5.78 Å². The van der Waals surface area contributed by atoms with E-state index < -0.39 is 0 Å². The van der Waals surface area contributed by atoms with Crippen LogP contribution in [-0.2, 0) is 7.05 Å². The predicted octanol–water partition coefficient (Wildman–Crippen LogP) is 2.80. The molecule has 1 atom stereocenters. The van der Waals surface area contributed by atoms with Crippen molar-refractivity contribution in [3.05, 3.63) is 23.0 Å². The van der Waals surface area contributed by atoms with E-state index in [4.69, 9.17) is 0 Å². The lowest BCUT2D eigenvalue weighted by atomic mass is 10.0. The maximum Gasteiger partial charge on any atom is 0.178 e. The van der Waals surface area contributed by atoms with Gasteiger partial charge in [-0.05, 0) is 39.8 Å². The number of hydrogen-bond acceptors (Lipinski definition) is 2. The van der Waals surface area contributed by atoms with Crippen LogP contribution < -0.4 is 0 Å². The van der Waals surface area contributed by atoms with Gasteiger partial charge in [-0.1, -0.05) is 13.8 Å². The summed E-state index contributed by atoms with van der Waals surface area (Å²) >= 11 is 0. The van der Waals surface area contributed by atoms with Gasteiger partial charge in [-0.25, -0.2) is 0 Å². The molecule has 18 heavy (non-hydrogen) atoms. The first-order valence-electron chi connectivity index (χ1n) is 6.62. The number of rotatable bonds is 5. The van der Waals surface area contributed by atoms with Crippen LogP contribution in [0.4, 0.5) is 0 Å². The zero-order valence-electron chi connectivity index (χ0n) is 12.7. The quantitative estimate of drug-likeness (QED) is 0.751. The van der Waals surface area contributed by atoms with E-state index in [1.165, 1.54) is 0 Å². The zero-order valence-corrected chi connectivity index (χ0v) is 12.7. The molecule has 0 aromatic carbocycles. The molecule has 0 saturated heterocycles. The van der Waals surface area contributed by atoms with Crippen LogP contribution in [0.15, 0.2) is 6.07 Å². The van der Waals surface area contributed by atoms with Gasteiger partial charge < -0.3 is 4.57 Å². The lowest BCUT2D eigenvalue weighted by Crippen LogP contribution is -2.37. The van der Waals surface area contributed by atoms with E-state index in [2.05, 4.69) is 30.2 Å². The average molecular weight is 250 g/mol. The van der Waals surface area contributed by atoms with Crippen molar-refractivity contribution in [1.82, 2.24) is 9.47 Å². The Hall–Kier alpha value is -1.09. The van der Waals surface area contributed by atoms with E-state index in [0.717, 1.165) is 17.0 Å². The highest BCUT2D eigenvalue weighted by Gasteiger charge is 2.19. The lowest BCUT2D eigenvalue weighted by Gasteiger charge is -2.27. The van der Waals surface area contributed by atoms with Crippen LogP contribution in [0.5, 0.6) is 0 Å². The number of aromatic nitrogens is 1. The molecule has 0 radical (unpaired) electrons. The molecule has 0 spiro atoms. The maximum atomic E-state index is 12.3. The number of likely N-dealkylation sites (N-methyl/N-ethyl adjacent to an activating group) is 1. The van der Waals surface area contributed by atoms with Gasteiger partial charge in [0.2, 0.25) is 0 Å². The molecule has 0 saturated carbocycles. The predicted molar refractivity (Wildman–Crippen MR) is 76.1 cm³/mol. The minimum atomic E-state index is 0.214. The molecule has 1 heterocycles. The molecule has 0 N–H and O–H groups in total. The smallest absolute Gasteiger partial charge is 0.178 e. The van der Waals surface area contributed by atoms with Crippen molar-refractivity contribution < 1.29 is 4.79 Å². The Labute approximate surface area is 111 Å². The molecule has 3 nitrogen and oxygen atoms in total. The van der Waals surface area contributed by atoms with E-state index >= 15 is 0 Å². The summed E-state index contributed by atoms with van der Waals surface area (Å²) in [5.74, 6) is 0.771. The maximum absolute atomic E-state index is 12.3. The highest BCUT2D eigenvalue weighted by atomic mass is 16.1. The summed E-state index contributed by atoms with van der Waals surface area (Å²) in [5.41, 5.74) is 3.05. The van der Waals surface area contributed by atoms with Crippen LogP contribution in [-0.4, -0.2) is 34.9 Å². The monoisotopic (exact) mass is 250 g/mol. The fourth-order valence-electron chi connectivity index (χ4n) is 2.10. The van der Waals surface area contributed by atoms with Gasteiger partial charge in [-0.3, -0.25) is 9.69 Å². The van der Waals surface area contributed by atoms with Gasteiger partial charge >= 0.3 is 0 Å². The van der Waals surface area contributed by atoms with Gasteiger partial charge in [-0.2, -0.15) is 0 Å². The molecule has 1 aromatic rings. The van der Waals surface area contributed by atoms with Crippen molar-refractivity contribution in [3.63, 3.8) is 0 Å². The zero-order chi connectivity index (χ0) is 14.0. The van der Waals surface area contributed by atoms with Gasteiger partial charge in [-0.15, -0.1) is 0 Å². The van der Waals surface area contributed by atoms with Crippen molar-refractivity contribution in [2.24, 2.45) is 13.0 Å². The number of Topliss-reactive ketones (excluding diaryl/α,β-unsaturated/α-hetero) is 1. The Morgan fingerprint density at radius 1 is 1.33 bits per heavy atom. The molecule has 0 fully saturated rings. The van der Waals surface area contributed by atoms with E-state index in [1.807, 2.05) is 34.0 Å². The Kier molecular flexibility index (Phi) is 4.74. The molecule has 3 heteroatoms. The molecule has 1 rings (SSSR count). The molecular formula is C15H26N2O. The largest absolute Gasteiger partial charge is 0.351 e. The minimum Gasteiger partial charge on any atom is -0.351 e. The summed E-state index contributed by atoms with van der Waals surface area (Å²) in [6, 6.07) is 2.41. The highest BCUT2D eigenvalue weighted by Crippen LogP contribution is 2.15. The van der Waals surface area contributed by atoms with Crippen LogP contribution >= 0.6 is 0 Å². The Bertz CT molecular complexity index is 432. The van der Waals surface area contributed by atoms with E-state index in [0.29, 0.717) is 18.5 Å². The minimum absolute atomic E-state index is 0.214. The van der Waals surface area contributed by atoms with Crippen molar-refractivity contribution in [1.29, 1.82) is 0 Å². The summed E-state index contributed by atoms with van der Waals surface area (Å²) in [6.07, 6.45) is 0. The SMILES string of the molecule is Cc1cc(C(=O)CN(C)C(C)C(C)C)c(C)n1C. The third-order valence-electron chi connectivity index (χ3n) is 4.13. The molecule has 0 amide bonds. The second-order valence-corrected chi connectivity index (χ2v) is 5.67. The number of ketones is 1. The lowest BCUT2D eigenvalue weighted by molar-refractivity contribution is 0.0906. The molecule has 0 aliphatic rings. The number of carbonyl (C=O) groups excluding carboxylic acids is 1. The Morgan fingerprint density at radius 3 is 2.28 bits per heavy atom. The molecular weight excluding hydrogens is 224 g/mol. The number of nitrogens with zero attached hydrogens (tertiary/aromatic N) is 2. The second-order valence-electron chi connectivity index (χ2n) is 5.67. The van der Waals surface area contributed by atoms with Crippen molar-refractivity contribution in [2.75, 3.05) is 13.6 Å². The normalized spacial score (nSPS) is 13.4. The van der Waals surface area contributed by atoms with Crippen LogP contribution in [0.1, 0.15) is 42.5 Å². The van der Waals surface area contributed by atoms with Crippen LogP contribution in [0.2, 0.25) is 0 Å². The summed E-state index contributed by atoms with van der Waals surface area (Å²) in [5, 5.41) is 0. The van der Waals surface area contributed by atoms with E-state index in [9.17, 15) is 4.79 Å². The second kappa shape index (κ2) is 5.70. The first-order valence-corrected chi connectivity index (χ1v) is 6.62. The molecule has 1 aromatic heterocycles. The molecule has 0 bridgehead atoms. The Balaban J connectivity index is 2.80. The van der Waals surface area contributed by atoms with Crippen LogP contribution in [0.3, 0.4) is 0 Å². The fourth-order valence-corrected chi connectivity index (χ4v) is 2.10. The summed E-state index contributed by atoms with van der Waals surface area (Å²) in [4.78, 5) is 14.4. The summed E-state index contributed by atoms with van der Waals surface area (Å²) < 4.78 is 2.07. The van der Waals surface area contributed by atoms with E-state index in [1.54, 1.807) is 0 Å². The highest BCUT2D eigenvalue weighted by molar-refractivity contribution is 5.99. The van der Waals surface area contributed by atoms with Crippen LogP contribution in [0, 0.1) is 19.8 Å².